The third-order valence-electron chi connectivity index (χ3n) is 1.99. The summed E-state index contributed by atoms with van der Waals surface area (Å²) in [6.45, 7) is 3.44. The standard InChI is InChI=1S/C10H16ClN3O2/c1-2-4-14-10(8(11)6-13-14)9(15)7-16-5-3-12/h6H,2-5,7,12H2,1H3. The van der Waals surface area contributed by atoms with Crippen molar-refractivity contribution in [2.45, 2.75) is 19.9 Å². The zero-order chi connectivity index (χ0) is 12.0. The molecular weight excluding hydrogens is 230 g/mol. The van der Waals surface area contributed by atoms with Crippen LogP contribution in [-0.4, -0.2) is 35.3 Å². The highest BCUT2D eigenvalue weighted by molar-refractivity contribution is 6.33. The molecule has 0 saturated heterocycles. The van der Waals surface area contributed by atoms with Crippen LogP contribution in [0.4, 0.5) is 0 Å². The monoisotopic (exact) mass is 245 g/mol. The summed E-state index contributed by atoms with van der Waals surface area (Å²) >= 11 is 5.90. The van der Waals surface area contributed by atoms with Crippen molar-refractivity contribution in [3.63, 3.8) is 0 Å². The van der Waals surface area contributed by atoms with Gasteiger partial charge in [-0.15, -0.1) is 0 Å². The topological polar surface area (TPSA) is 70.1 Å². The molecule has 0 aliphatic heterocycles. The molecule has 0 aliphatic rings. The van der Waals surface area contributed by atoms with Crippen molar-refractivity contribution in [3.05, 3.63) is 16.9 Å². The zero-order valence-electron chi connectivity index (χ0n) is 9.28. The van der Waals surface area contributed by atoms with Crippen LogP contribution in [0.3, 0.4) is 0 Å². The lowest BCUT2D eigenvalue weighted by molar-refractivity contribution is 0.0763. The lowest BCUT2D eigenvalue weighted by atomic mass is 10.3. The lowest BCUT2D eigenvalue weighted by Crippen LogP contribution is -2.18. The summed E-state index contributed by atoms with van der Waals surface area (Å²) in [6.07, 6.45) is 2.37. The normalized spacial score (nSPS) is 10.7. The Morgan fingerprint density at radius 1 is 1.69 bits per heavy atom. The van der Waals surface area contributed by atoms with Crippen LogP contribution in [0.1, 0.15) is 23.8 Å². The van der Waals surface area contributed by atoms with Crippen LogP contribution in [0.15, 0.2) is 6.20 Å². The second-order valence-electron chi connectivity index (χ2n) is 3.33. The van der Waals surface area contributed by atoms with Gasteiger partial charge in [-0.05, 0) is 6.42 Å². The van der Waals surface area contributed by atoms with Gasteiger partial charge in [0.05, 0.1) is 17.8 Å². The van der Waals surface area contributed by atoms with E-state index in [2.05, 4.69) is 5.10 Å². The van der Waals surface area contributed by atoms with Gasteiger partial charge in [-0.2, -0.15) is 5.10 Å². The fraction of sp³-hybridized carbons (Fsp3) is 0.600. The van der Waals surface area contributed by atoms with E-state index in [0.29, 0.717) is 30.4 Å². The summed E-state index contributed by atoms with van der Waals surface area (Å²) in [4.78, 5) is 11.8. The Labute approximate surface area is 99.5 Å². The first-order valence-corrected chi connectivity index (χ1v) is 5.60. The van der Waals surface area contributed by atoms with Gasteiger partial charge in [-0.25, -0.2) is 0 Å². The number of rotatable bonds is 7. The fourth-order valence-electron chi connectivity index (χ4n) is 1.34. The number of Topliss-reactive ketones (excluding diaryl/α,β-unsaturated/α-hetero) is 1. The number of halogens is 1. The molecule has 6 heteroatoms. The van der Waals surface area contributed by atoms with Crippen molar-refractivity contribution in [1.82, 2.24) is 9.78 Å². The van der Waals surface area contributed by atoms with Crippen LogP contribution in [0, 0.1) is 0 Å². The molecule has 0 fully saturated rings. The molecule has 1 heterocycles. The fourth-order valence-corrected chi connectivity index (χ4v) is 1.58. The number of aromatic nitrogens is 2. The molecule has 0 aromatic carbocycles. The molecule has 0 bridgehead atoms. The molecule has 1 aromatic rings. The minimum atomic E-state index is -0.163. The van der Waals surface area contributed by atoms with Gasteiger partial charge in [0, 0.05) is 13.1 Å². The predicted molar refractivity (Wildman–Crippen MR) is 61.7 cm³/mol. The first-order chi connectivity index (χ1) is 7.70. The van der Waals surface area contributed by atoms with Crippen molar-refractivity contribution in [1.29, 1.82) is 0 Å². The minimum absolute atomic E-state index is 0.00761. The number of ether oxygens (including phenoxy) is 1. The molecule has 0 aliphatic carbocycles. The van der Waals surface area contributed by atoms with Crippen LogP contribution in [0.25, 0.3) is 0 Å². The molecule has 0 atom stereocenters. The van der Waals surface area contributed by atoms with E-state index in [-0.39, 0.29) is 12.4 Å². The molecule has 16 heavy (non-hydrogen) atoms. The lowest BCUT2D eigenvalue weighted by Gasteiger charge is -2.06. The first-order valence-electron chi connectivity index (χ1n) is 5.23. The van der Waals surface area contributed by atoms with E-state index >= 15 is 0 Å². The highest BCUT2D eigenvalue weighted by atomic mass is 35.5. The summed E-state index contributed by atoms with van der Waals surface area (Å²) in [7, 11) is 0. The van der Waals surface area contributed by atoms with E-state index in [1.54, 1.807) is 4.68 Å². The molecular formula is C10H16ClN3O2. The highest BCUT2D eigenvalue weighted by Gasteiger charge is 2.16. The summed E-state index contributed by atoms with van der Waals surface area (Å²) in [6, 6.07) is 0. The number of carbonyl (C=O) groups excluding carboxylic acids is 1. The Morgan fingerprint density at radius 3 is 3.06 bits per heavy atom. The van der Waals surface area contributed by atoms with Crippen molar-refractivity contribution in [2.24, 2.45) is 5.73 Å². The van der Waals surface area contributed by atoms with Crippen molar-refractivity contribution >= 4 is 17.4 Å². The molecule has 1 rings (SSSR count). The highest BCUT2D eigenvalue weighted by Crippen LogP contribution is 2.16. The van der Waals surface area contributed by atoms with Crippen molar-refractivity contribution in [3.8, 4) is 0 Å². The maximum atomic E-state index is 11.8. The summed E-state index contributed by atoms with van der Waals surface area (Å²) in [5.74, 6) is -0.163. The van der Waals surface area contributed by atoms with Crippen LogP contribution < -0.4 is 5.73 Å². The summed E-state index contributed by atoms with van der Waals surface area (Å²) in [5.41, 5.74) is 5.68. The molecule has 0 saturated carbocycles. The number of nitrogens with zero attached hydrogens (tertiary/aromatic N) is 2. The van der Waals surface area contributed by atoms with E-state index in [4.69, 9.17) is 22.1 Å². The van der Waals surface area contributed by atoms with Crippen LogP contribution in [0.2, 0.25) is 5.02 Å². The number of aryl methyl sites for hydroxylation is 1. The van der Waals surface area contributed by atoms with Gasteiger partial charge in [0.1, 0.15) is 12.3 Å². The number of hydrogen-bond acceptors (Lipinski definition) is 4. The van der Waals surface area contributed by atoms with Gasteiger partial charge in [-0.3, -0.25) is 9.48 Å². The maximum Gasteiger partial charge on any atom is 0.207 e. The van der Waals surface area contributed by atoms with Crippen LogP contribution >= 0.6 is 11.6 Å². The maximum absolute atomic E-state index is 11.8. The average Bonchev–Trinajstić information content (AvgIpc) is 2.61. The van der Waals surface area contributed by atoms with E-state index in [1.165, 1.54) is 6.20 Å². The molecule has 90 valence electrons. The van der Waals surface area contributed by atoms with Crippen LogP contribution in [-0.2, 0) is 11.3 Å². The molecule has 0 amide bonds. The Balaban J connectivity index is 2.69. The quantitative estimate of drug-likeness (QED) is 0.577. The SMILES string of the molecule is CCCn1ncc(Cl)c1C(=O)COCCN. The molecule has 1 aromatic heterocycles. The third kappa shape index (κ3) is 3.30. The zero-order valence-corrected chi connectivity index (χ0v) is 10.0. The molecule has 5 nitrogen and oxygen atoms in total. The summed E-state index contributed by atoms with van der Waals surface area (Å²) < 4.78 is 6.69. The Kier molecular flexibility index (Phi) is 5.45. The second kappa shape index (κ2) is 6.62. The van der Waals surface area contributed by atoms with Gasteiger partial charge in [0.2, 0.25) is 5.78 Å². The number of hydrogen-bond donors (Lipinski definition) is 1. The van der Waals surface area contributed by atoms with Gasteiger partial charge in [0.15, 0.2) is 0 Å². The van der Waals surface area contributed by atoms with Gasteiger partial charge in [-0.1, -0.05) is 18.5 Å². The van der Waals surface area contributed by atoms with Gasteiger partial charge >= 0.3 is 0 Å². The van der Waals surface area contributed by atoms with Crippen molar-refractivity contribution in [2.75, 3.05) is 19.8 Å². The van der Waals surface area contributed by atoms with E-state index in [9.17, 15) is 4.79 Å². The number of nitrogens with two attached hydrogens (primary N) is 1. The van der Waals surface area contributed by atoms with E-state index in [0.717, 1.165) is 6.42 Å². The van der Waals surface area contributed by atoms with E-state index < -0.39 is 0 Å². The predicted octanol–water partition coefficient (Wildman–Crippen LogP) is 1.10. The van der Waals surface area contributed by atoms with Crippen molar-refractivity contribution < 1.29 is 9.53 Å². The molecule has 2 N–H and O–H groups in total. The second-order valence-corrected chi connectivity index (χ2v) is 3.74. The third-order valence-corrected chi connectivity index (χ3v) is 2.27. The van der Waals surface area contributed by atoms with E-state index in [1.807, 2.05) is 6.92 Å². The molecule has 0 spiro atoms. The smallest absolute Gasteiger partial charge is 0.207 e. The van der Waals surface area contributed by atoms with Crippen LogP contribution in [0.5, 0.6) is 0 Å². The van der Waals surface area contributed by atoms with Gasteiger partial charge < -0.3 is 10.5 Å². The Bertz CT molecular complexity index is 352. The number of ketones is 1. The first kappa shape index (κ1) is 13.2. The average molecular weight is 246 g/mol. The largest absolute Gasteiger partial charge is 0.372 e. The minimum Gasteiger partial charge on any atom is -0.372 e. The molecule has 0 unspecified atom stereocenters. The summed E-state index contributed by atoms with van der Waals surface area (Å²) in [5, 5.41) is 4.41. The molecule has 0 radical (unpaired) electrons. The van der Waals surface area contributed by atoms with Gasteiger partial charge in [0.25, 0.3) is 0 Å². The Hall–Kier alpha value is -0.910. The Morgan fingerprint density at radius 2 is 2.44 bits per heavy atom. The number of carbonyl (C=O) groups is 1.